The smallest absolute Gasteiger partial charge is 0.337 e. The van der Waals surface area contributed by atoms with Crippen LogP contribution in [0.2, 0.25) is 0 Å². The van der Waals surface area contributed by atoms with Crippen molar-refractivity contribution in [3.63, 3.8) is 0 Å². The van der Waals surface area contributed by atoms with Gasteiger partial charge in [0.1, 0.15) is 5.57 Å². The number of nitrogens with one attached hydrogen (secondary N) is 1. The molecule has 0 bridgehead atoms. The number of thiophene rings is 1. The molecule has 0 spiro atoms. The number of thiocarbonyl (C=S) groups is 1. The van der Waals surface area contributed by atoms with Crippen molar-refractivity contribution in [2.24, 2.45) is 0 Å². The summed E-state index contributed by atoms with van der Waals surface area (Å²) in [5.74, 6) is -2.33. The van der Waals surface area contributed by atoms with Crippen LogP contribution in [-0.2, 0) is 9.59 Å². The lowest BCUT2D eigenvalue weighted by Crippen LogP contribution is -2.53. The topological polar surface area (TPSA) is 86.7 Å². The first-order chi connectivity index (χ1) is 10.3. The molecule has 2 heterocycles. The summed E-state index contributed by atoms with van der Waals surface area (Å²) in [4.78, 5) is 37.8. The fourth-order valence-electron chi connectivity index (χ4n) is 1.93. The largest absolute Gasteiger partial charge is 0.478 e. The van der Waals surface area contributed by atoms with Crippen molar-refractivity contribution in [3.05, 3.63) is 39.6 Å². The number of carboxylic acid groups (broad SMARTS) is 1. The van der Waals surface area contributed by atoms with Gasteiger partial charge in [-0.1, -0.05) is 6.08 Å². The number of carbonyl (C=O) groups excluding carboxylic acids is 2. The number of amides is 2. The summed E-state index contributed by atoms with van der Waals surface area (Å²) in [5, 5.41) is 11.6. The molecule has 0 atom stereocenters. The molecule has 1 aromatic heterocycles. The number of aromatic carboxylic acids is 1. The van der Waals surface area contributed by atoms with Gasteiger partial charge in [0.15, 0.2) is 5.11 Å². The standard InChI is InChI=1S/C14H12N2O4S2/c1-3-4-16-12(18)9(11(17)15-14(16)21)6-10-8(13(19)20)5-7(2)22-10/h3,5-6H,1,4H2,2H3,(H,19,20)(H,15,17,21)/b9-6+. The van der Waals surface area contributed by atoms with E-state index in [1.54, 1.807) is 6.92 Å². The summed E-state index contributed by atoms with van der Waals surface area (Å²) in [6.45, 7) is 5.44. The maximum Gasteiger partial charge on any atom is 0.337 e. The minimum atomic E-state index is -1.11. The predicted molar refractivity (Wildman–Crippen MR) is 86.6 cm³/mol. The SMILES string of the molecule is C=CCN1C(=O)/C(=C/c2sc(C)cc2C(=O)O)C(=O)NC1=S. The van der Waals surface area contributed by atoms with E-state index in [1.165, 1.54) is 34.5 Å². The van der Waals surface area contributed by atoms with Crippen LogP contribution in [0.3, 0.4) is 0 Å². The third-order valence-corrected chi connectivity index (χ3v) is 4.21. The normalized spacial score (nSPS) is 16.9. The van der Waals surface area contributed by atoms with Crippen LogP contribution in [0.25, 0.3) is 6.08 Å². The van der Waals surface area contributed by atoms with E-state index in [4.69, 9.17) is 17.3 Å². The van der Waals surface area contributed by atoms with Crippen LogP contribution in [0.4, 0.5) is 0 Å². The van der Waals surface area contributed by atoms with E-state index in [2.05, 4.69) is 11.9 Å². The first-order valence-electron chi connectivity index (χ1n) is 6.18. The molecule has 0 aliphatic carbocycles. The molecule has 2 amide bonds. The summed E-state index contributed by atoms with van der Waals surface area (Å²) in [6, 6.07) is 1.50. The molecule has 0 radical (unpaired) electrons. The highest BCUT2D eigenvalue weighted by molar-refractivity contribution is 7.80. The molecule has 8 heteroatoms. The quantitative estimate of drug-likeness (QED) is 0.377. The molecule has 1 aliphatic heterocycles. The van der Waals surface area contributed by atoms with Gasteiger partial charge in [-0.05, 0) is 31.3 Å². The molecule has 1 aliphatic rings. The van der Waals surface area contributed by atoms with Gasteiger partial charge in [-0.3, -0.25) is 19.8 Å². The summed E-state index contributed by atoms with van der Waals surface area (Å²) < 4.78 is 0. The van der Waals surface area contributed by atoms with Crippen molar-refractivity contribution in [1.29, 1.82) is 0 Å². The zero-order valence-electron chi connectivity index (χ0n) is 11.6. The van der Waals surface area contributed by atoms with E-state index in [0.29, 0.717) is 4.88 Å². The molecule has 1 saturated heterocycles. The van der Waals surface area contributed by atoms with Crippen LogP contribution < -0.4 is 5.32 Å². The number of carboxylic acids is 1. The molecular formula is C14H12N2O4S2. The monoisotopic (exact) mass is 336 g/mol. The van der Waals surface area contributed by atoms with Gasteiger partial charge in [-0.15, -0.1) is 17.9 Å². The van der Waals surface area contributed by atoms with Crippen molar-refractivity contribution in [3.8, 4) is 0 Å². The Morgan fingerprint density at radius 2 is 2.23 bits per heavy atom. The summed E-state index contributed by atoms with van der Waals surface area (Å²) >= 11 is 6.14. The van der Waals surface area contributed by atoms with Gasteiger partial charge in [0.2, 0.25) is 0 Å². The lowest BCUT2D eigenvalue weighted by Gasteiger charge is -2.27. The van der Waals surface area contributed by atoms with Crippen LogP contribution >= 0.6 is 23.6 Å². The maximum atomic E-state index is 12.3. The second-order valence-corrected chi connectivity index (χ2v) is 6.14. The fourth-order valence-corrected chi connectivity index (χ4v) is 3.13. The van der Waals surface area contributed by atoms with E-state index < -0.39 is 17.8 Å². The lowest BCUT2D eigenvalue weighted by atomic mass is 10.1. The molecule has 1 fully saturated rings. The Kier molecular flexibility index (Phi) is 4.53. The van der Waals surface area contributed by atoms with Gasteiger partial charge in [-0.25, -0.2) is 4.79 Å². The van der Waals surface area contributed by atoms with Gasteiger partial charge >= 0.3 is 5.97 Å². The van der Waals surface area contributed by atoms with Crippen LogP contribution in [0, 0.1) is 6.92 Å². The van der Waals surface area contributed by atoms with Crippen molar-refractivity contribution >= 4 is 52.5 Å². The summed E-state index contributed by atoms with van der Waals surface area (Å²) in [7, 11) is 0. The van der Waals surface area contributed by atoms with Crippen LogP contribution in [0.15, 0.2) is 24.3 Å². The number of carbonyl (C=O) groups is 3. The lowest BCUT2D eigenvalue weighted by molar-refractivity contribution is -0.128. The minimum Gasteiger partial charge on any atom is -0.478 e. The van der Waals surface area contributed by atoms with Gasteiger partial charge in [-0.2, -0.15) is 0 Å². The zero-order valence-corrected chi connectivity index (χ0v) is 13.2. The summed E-state index contributed by atoms with van der Waals surface area (Å²) in [6.07, 6.45) is 2.77. The first kappa shape index (κ1) is 16.1. The molecule has 2 N–H and O–H groups in total. The summed E-state index contributed by atoms with van der Waals surface area (Å²) in [5.41, 5.74) is -0.0983. The maximum absolute atomic E-state index is 12.3. The van der Waals surface area contributed by atoms with Crippen LogP contribution in [0.1, 0.15) is 20.1 Å². The second-order valence-electron chi connectivity index (χ2n) is 4.46. The third-order valence-electron chi connectivity index (χ3n) is 2.89. The Bertz CT molecular complexity index is 733. The van der Waals surface area contributed by atoms with Gasteiger partial charge < -0.3 is 5.11 Å². The van der Waals surface area contributed by atoms with Crippen LogP contribution in [0.5, 0.6) is 0 Å². The van der Waals surface area contributed by atoms with Crippen molar-refractivity contribution in [2.75, 3.05) is 6.54 Å². The highest BCUT2D eigenvalue weighted by Crippen LogP contribution is 2.26. The second kappa shape index (κ2) is 6.20. The molecular weight excluding hydrogens is 324 g/mol. The zero-order chi connectivity index (χ0) is 16.4. The number of aryl methyl sites for hydroxylation is 1. The first-order valence-corrected chi connectivity index (χ1v) is 7.41. The van der Waals surface area contributed by atoms with Gasteiger partial charge in [0.25, 0.3) is 11.8 Å². The van der Waals surface area contributed by atoms with Gasteiger partial charge in [0, 0.05) is 16.3 Å². The molecule has 1 aromatic rings. The Morgan fingerprint density at radius 1 is 1.55 bits per heavy atom. The van der Waals surface area contributed by atoms with E-state index >= 15 is 0 Å². The van der Waals surface area contributed by atoms with E-state index in [9.17, 15) is 14.4 Å². The number of nitrogens with zero attached hydrogens (tertiary/aromatic N) is 1. The molecule has 6 nitrogen and oxygen atoms in total. The Labute approximate surface area is 135 Å². The Hall–Kier alpha value is -2.32. The third kappa shape index (κ3) is 2.97. The minimum absolute atomic E-state index is 0.00729. The number of rotatable bonds is 4. The molecule has 0 saturated carbocycles. The molecule has 114 valence electrons. The Balaban J connectivity index is 2.47. The highest BCUT2D eigenvalue weighted by Gasteiger charge is 2.33. The number of hydrogen-bond donors (Lipinski definition) is 2. The van der Waals surface area contributed by atoms with E-state index in [0.717, 1.165) is 4.88 Å². The average Bonchev–Trinajstić information content (AvgIpc) is 2.80. The number of hydrogen-bond acceptors (Lipinski definition) is 5. The van der Waals surface area contributed by atoms with Gasteiger partial charge in [0.05, 0.1) is 5.56 Å². The molecule has 0 unspecified atom stereocenters. The van der Waals surface area contributed by atoms with E-state index in [-0.39, 0.29) is 22.8 Å². The van der Waals surface area contributed by atoms with Crippen molar-refractivity contribution in [2.45, 2.75) is 6.92 Å². The molecule has 22 heavy (non-hydrogen) atoms. The molecule has 0 aromatic carbocycles. The molecule has 2 rings (SSSR count). The Morgan fingerprint density at radius 3 is 2.82 bits per heavy atom. The van der Waals surface area contributed by atoms with Crippen LogP contribution in [-0.4, -0.2) is 39.4 Å². The highest BCUT2D eigenvalue weighted by atomic mass is 32.1. The average molecular weight is 336 g/mol. The predicted octanol–water partition coefficient (Wildman–Crippen LogP) is 1.57. The van der Waals surface area contributed by atoms with Crippen molar-refractivity contribution < 1.29 is 19.5 Å². The van der Waals surface area contributed by atoms with E-state index in [1.807, 2.05) is 0 Å². The fraction of sp³-hybridized carbons (Fsp3) is 0.143. The van der Waals surface area contributed by atoms with Crippen molar-refractivity contribution in [1.82, 2.24) is 10.2 Å².